The van der Waals surface area contributed by atoms with Crippen molar-refractivity contribution in [3.63, 3.8) is 0 Å². The second-order valence-electron chi connectivity index (χ2n) is 4.75. The number of nitriles is 1. The van der Waals surface area contributed by atoms with E-state index < -0.39 is 0 Å². The van der Waals surface area contributed by atoms with E-state index in [1.165, 1.54) is 6.20 Å². The molecule has 3 N–H and O–H groups in total. The van der Waals surface area contributed by atoms with E-state index in [-0.39, 0.29) is 23.0 Å². The predicted octanol–water partition coefficient (Wildman–Crippen LogP) is 3.04. The first-order valence-corrected chi connectivity index (χ1v) is 8.41. The van der Waals surface area contributed by atoms with Gasteiger partial charge in [0, 0.05) is 10.2 Å². The molecule has 0 radical (unpaired) electrons. The molecule has 2 rings (SSSR count). The number of aromatic nitrogens is 2. The van der Waals surface area contributed by atoms with E-state index in [1.807, 2.05) is 32.0 Å². The third-order valence-electron chi connectivity index (χ3n) is 3.24. The molecule has 0 unspecified atom stereocenters. The molecule has 0 saturated heterocycles. The van der Waals surface area contributed by atoms with Gasteiger partial charge in [0.25, 0.3) is 0 Å². The Balaban J connectivity index is 2.00. The number of anilines is 2. The van der Waals surface area contributed by atoms with Crippen LogP contribution in [0, 0.1) is 25.2 Å². The summed E-state index contributed by atoms with van der Waals surface area (Å²) in [6, 6.07) is 5.64. The quantitative estimate of drug-likeness (QED) is 0.612. The SMILES string of the molecule is Cc1c(Br)ccc(NC(=O)CSc2ncc(C#N)c(N)n2)c1C. The molecule has 0 fully saturated rings. The molecule has 6 nitrogen and oxygen atoms in total. The predicted molar refractivity (Wildman–Crippen MR) is 94.1 cm³/mol. The van der Waals surface area contributed by atoms with Crippen LogP contribution in [0.2, 0.25) is 0 Å². The van der Waals surface area contributed by atoms with Gasteiger partial charge in [-0.2, -0.15) is 5.26 Å². The van der Waals surface area contributed by atoms with E-state index >= 15 is 0 Å². The fourth-order valence-electron chi connectivity index (χ4n) is 1.77. The number of nitrogen functional groups attached to an aromatic ring is 1. The maximum absolute atomic E-state index is 12.1. The van der Waals surface area contributed by atoms with Gasteiger partial charge in [0.05, 0.1) is 11.9 Å². The van der Waals surface area contributed by atoms with Gasteiger partial charge in [0.1, 0.15) is 17.5 Å². The lowest BCUT2D eigenvalue weighted by Gasteiger charge is -2.11. The molecule has 1 heterocycles. The maximum atomic E-state index is 12.1. The summed E-state index contributed by atoms with van der Waals surface area (Å²) >= 11 is 4.62. The van der Waals surface area contributed by atoms with Crippen LogP contribution in [0.5, 0.6) is 0 Å². The number of rotatable bonds is 4. The molecular weight excluding hydrogens is 378 g/mol. The highest BCUT2D eigenvalue weighted by atomic mass is 79.9. The van der Waals surface area contributed by atoms with Crippen LogP contribution in [0.1, 0.15) is 16.7 Å². The third-order valence-corrected chi connectivity index (χ3v) is 4.96. The van der Waals surface area contributed by atoms with E-state index in [1.54, 1.807) is 0 Å². The zero-order valence-electron chi connectivity index (χ0n) is 12.6. The van der Waals surface area contributed by atoms with Crippen LogP contribution in [-0.4, -0.2) is 21.6 Å². The molecule has 0 atom stereocenters. The summed E-state index contributed by atoms with van der Waals surface area (Å²) in [6.07, 6.45) is 1.35. The minimum absolute atomic E-state index is 0.116. The van der Waals surface area contributed by atoms with Crippen molar-refractivity contribution >= 4 is 45.1 Å². The summed E-state index contributed by atoms with van der Waals surface area (Å²) in [4.78, 5) is 20.0. The second kappa shape index (κ2) is 7.44. The molecule has 2 aromatic rings. The molecule has 1 amide bonds. The van der Waals surface area contributed by atoms with Crippen LogP contribution in [0.25, 0.3) is 0 Å². The first-order valence-electron chi connectivity index (χ1n) is 6.63. The van der Waals surface area contributed by atoms with Crippen LogP contribution < -0.4 is 11.1 Å². The average molecular weight is 392 g/mol. The Morgan fingerprint density at radius 1 is 1.43 bits per heavy atom. The highest BCUT2D eigenvalue weighted by Gasteiger charge is 2.10. The van der Waals surface area contributed by atoms with Gasteiger partial charge < -0.3 is 11.1 Å². The lowest BCUT2D eigenvalue weighted by Crippen LogP contribution is -2.15. The topological polar surface area (TPSA) is 105 Å². The Hall–Kier alpha value is -2.11. The summed E-state index contributed by atoms with van der Waals surface area (Å²) in [5.74, 6) is 0.107. The summed E-state index contributed by atoms with van der Waals surface area (Å²) in [5.41, 5.74) is 8.71. The van der Waals surface area contributed by atoms with E-state index in [4.69, 9.17) is 11.0 Å². The maximum Gasteiger partial charge on any atom is 0.234 e. The van der Waals surface area contributed by atoms with Crippen molar-refractivity contribution in [2.45, 2.75) is 19.0 Å². The number of thioether (sulfide) groups is 1. The van der Waals surface area contributed by atoms with Crippen LogP contribution in [0.3, 0.4) is 0 Å². The minimum Gasteiger partial charge on any atom is -0.382 e. The number of nitrogens with zero attached hydrogens (tertiary/aromatic N) is 3. The molecule has 0 spiro atoms. The standard InChI is InChI=1S/C15H14BrN5OS/c1-8-9(2)12(4-3-11(8)16)20-13(22)7-23-15-19-6-10(5-17)14(18)21-15/h3-4,6H,7H2,1-2H3,(H,20,22)(H2,18,19,21). The van der Waals surface area contributed by atoms with Gasteiger partial charge in [0.15, 0.2) is 5.16 Å². The van der Waals surface area contributed by atoms with Crippen molar-refractivity contribution in [1.82, 2.24) is 9.97 Å². The molecule has 0 bridgehead atoms. The Kier molecular flexibility index (Phi) is 5.58. The van der Waals surface area contributed by atoms with Gasteiger partial charge in [-0.1, -0.05) is 27.7 Å². The first kappa shape index (κ1) is 17.2. The Morgan fingerprint density at radius 2 is 2.17 bits per heavy atom. The lowest BCUT2D eigenvalue weighted by molar-refractivity contribution is -0.113. The van der Waals surface area contributed by atoms with Gasteiger partial charge in [-0.3, -0.25) is 4.79 Å². The Labute approximate surface area is 146 Å². The van der Waals surface area contributed by atoms with E-state index in [2.05, 4.69) is 31.2 Å². The molecule has 23 heavy (non-hydrogen) atoms. The summed E-state index contributed by atoms with van der Waals surface area (Å²) in [5, 5.41) is 12.0. The van der Waals surface area contributed by atoms with Crippen molar-refractivity contribution in [2.75, 3.05) is 16.8 Å². The average Bonchev–Trinajstić information content (AvgIpc) is 2.53. The number of nitrogens with two attached hydrogens (primary N) is 1. The van der Waals surface area contributed by atoms with Gasteiger partial charge >= 0.3 is 0 Å². The zero-order chi connectivity index (χ0) is 17.0. The molecule has 0 saturated carbocycles. The second-order valence-corrected chi connectivity index (χ2v) is 6.54. The van der Waals surface area contributed by atoms with E-state index in [9.17, 15) is 4.79 Å². The summed E-state index contributed by atoms with van der Waals surface area (Å²) < 4.78 is 1.00. The summed E-state index contributed by atoms with van der Waals surface area (Å²) in [7, 11) is 0. The monoisotopic (exact) mass is 391 g/mol. The molecule has 1 aromatic carbocycles. The van der Waals surface area contributed by atoms with Crippen molar-refractivity contribution in [2.24, 2.45) is 0 Å². The third kappa shape index (κ3) is 4.21. The van der Waals surface area contributed by atoms with Crippen LogP contribution >= 0.6 is 27.7 Å². The van der Waals surface area contributed by atoms with E-state index in [0.717, 1.165) is 33.0 Å². The van der Waals surface area contributed by atoms with Crippen LogP contribution in [0.4, 0.5) is 11.5 Å². The number of hydrogen-bond donors (Lipinski definition) is 2. The molecule has 118 valence electrons. The number of carbonyl (C=O) groups excluding carboxylic acids is 1. The van der Waals surface area contributed by atoms with Crippen LogP contribution in [-0.2, 0) is 4.79 Å². The van der Waals surface area contributed by atoms with Crippen molar-refractivity contribution in [3.8, 4) is 6.07 Å². The number of carbonyl (C=O) groups is 1. The van der Waals surface area contributed by atoms with Crippen molar-refractivity contribution in [1.29, 1.82) is 5.26 Å². The normalized spacial score (nSPS) is 10.2. The smallest absolute Gasteiger partial charge is 0.234 e. The van der Waals surface area contributed by atoms with Gasteiger partial charge in [-0.05, 0) is 37.1 Å². The highest BCUT2D eigenvalue weighted by Crippen LogP contribution is 2.26. The molecule has 0 aliphatic carbocycles. The molecule has 0 aliphatic heterocycles. The number of amides is 1. The lowest BCUT2D eigenvalue weighted by atomic mass is 10.1. The minimum atomic E-state index is -0.161. The molecule has 0 aliphatic rings. The molecule has 8 heteroatoms. The Bertz CT molecular complexity index is 803. The van der Waals surface area contributed by atoms with E-state index in [0.29, 0.717) is 5.16 Å². The Morgan fingerprint density at radius 3 is 2.83 bits per heavy atom. The zero-order valence-corrected chi connectivity index (χ0v) is 15.0. The van der Waals surface area contributed by atoms with Gasteiger partial charge in [-0.15, -0.1) is 0 Å². The van der Waals surface area contributed by atoms with Crippen molar-refractivity contribution < 1.29 is 4.79 Å². The molecular formula is C15H14BrN5OS. The fourth-order valence-corrected chi connectivity index (χ4v) is 2.83. The first-order chi connectivity index (χ1) is 10.9. The summed E-state index contributed by atoms with van der Waals surface area (Å²) in [6.45, 7) is 3.93. The van der Waals surface area contributed by atoms with Gasteiger partial charge in [-0.25, -0.2) is 9.97 Å². The molecule has 1 aromatic heterocycles. The largest absolute Gasteiger partial charge is 0.382 e. The number of hydrogen-bond acceptors (Lipinski definition) is 6. The number of benzene rings is 1. The van der Waals surface area contributed by atoms with Gasteiger partial charge in [0.2, 0.25) is 5.91 Å². The van der Waals surface area contributed by atoms with Crippen LogP contribution in [0.15, 0.2) is 28.0 Å². The fraction of sp³-hybridized carbons (Fsp3) is 0.200. The number of nitrogens with one attached hydrogen (secondary N) is 1. The highest BCUT2D eigenvalue weighted by molar-refractivity contribution is 9.10. The number of halogens is 1. The van der Waals surface area contributed by atoms with Crippen molar-refractivity contribution in [3.05, 3.63) is 39.5 Å².